The molecule has 2 aliphatic rings. The van der Waals surface area contributed by atoms with Crippen LogP contribution in [0.1, 0.15) is 29.7 Å². The first-order valence-corrected chi connectivity index (χ1v) is 14.8. The topological polar surface area (TPSA) is 76.9 Å². The van der Waals surface area contributed by atoms with Gasteiger partial charge in [0.1, 0.15) is 35.1 Å². The number of halogens is 2. The van der Waals surface area contributed by atoms with Crippen LogP contribution < -0.4 is 15.4 Å². The third kappa shape index (κ3) is 5.05. The lowest BCUT2D eigenvalue weighted by molar-refractivity contribution is 0.306. The lowest BCUT2D eigenvalue weighted by Gasteiger charge is -2.22. The first-order chi connectivity index (χ1) is 19.6. The summed E-state index contributed by atoms with van der Waals surface area (Å²) in [5.41, 5.74) is 5.22. The monoisotopic (exact) mass is 574 g/mol. The van der Waals surface area contributed by atoms with Crippen molar-refractivity contribution in [3.05, 3.63) is 82.6 Å². The molecule has 0 spiro atoms. The Morgan fingerprint density at radius 3 is 2.88 bits per heavy atom. The van der Waals surface area contributed by atoms with Crippen LogP contribution in [0.2, 0.25) is 5.02 Å². The van der Waals surface area contributed by atoms with Gasteiger partial charge in [0.25, 0.3) is 0 Å². The number of nitrogens with one attached hydrogen (secondary N) is 2. The standard InChI is InChI=1S/C30H28ClFN6OS/c31-24-13-21(4-7-26(24)39-16-19-2-1-3-20(32)12-19)36-29-27-22-5-6-25-23(28(22)40-30(27)35-17-34-29)15-38(37-25)14-18-8-10-33-11-9-18/h1-4,7,12-13,15,17-18,33H,5-6,8-11,14,16H2,(H,34,35,36). The number of aryl methyl sites for hydroxylation is 2. The van der Waals surface area contributed by atoms with E-state index in [1.165, 1.54) is 46.7 Å². The van der Waals surface area contributed by atoms with E-state index in [0.29, 0.717) is 16.7 Å². The highest BCUT2D eigenvalue weighted by molar-refractivity contribution is 7.22. The summed E-state index contributed by atoms with van der Waals surface area (Å²) in [6, 6.07) is 11.9. The Balaban J connectivity index is 1.13. The molecule has 1 fully saturated rings. The van der Waals surface area contributed by atoms with Gasteiger partial charge >= 0.3 is 0 Å². The quantitative estimate of drug-likeness (QED) is 0.223. The van der Waals surface area contributed by atoms with Crippen molar-refractivity contribution in [1.82, 2.24) is 25.1 Å². The number of benzene rings is 2. The van der Waals surface area contributed by atoms with Crippen molar-refractivity contribution < 1.29 is 9.13 Å². The molecule has 1 aliphatic heterocycles. The number of ether oxygens (including phenoxy) is 1. The summed E-state index contributed by atoms with van der Waals surface area (Å²) in [6.45, 7) is 3.39. The van der Waals surface area contributed by atoms with E-state index < -0.39 is 0 Å². The van der Waals surface area contributed by atoms with Crippen LogP contribution in [0.25, 0.3) is 20.7 Å². The van der Waals surface area contributed by atoms with E-state index in [4.69, 9.17) is 21.4 Å². The maximum absolute atomic E-state index is 13.5. The van der Waals surface area contributed by atoms with Gasteiger partial charge in [-0.15, -0.1) is 11.3 Å². The van der Waals surface area contributed by atoms with E-state index in [0.717, 1.165) is 59.8 Å². The normalized spacial score (nSPS) is 15.2. The lowest BCUT2D eigenvalue weighted by Crippen LogP contribution is -2.30. The molecule has 0 bridgehead atoms. The van der Waals surface area contributed by atoms with Crippen LogP contribution >= 0.6 is 22.9 Å². The maximum Gasteiger partial charge on any atom is 0.142 e. The van der Waals surface area contributed by atoms with Crippen LogP contribution in [0.3, 0.4) is 0 Å². The number of fused-ring (bicyclic) bond motifs is 5. The zero-order valence-corrected chi connectivity index (χ0v) is 23.4. The molecule has 5 aromatic rings. The second-order valence-electron chi connectivity index (χ2n) is 10.4. The van der Waals surface area contributed by atoms with Gasteiger partial charge in [-0.1, -0.05) is 23.7 Å². The molecule has 4 heterocycles. The van der Waals surface area contributed by atoms with E-state index in [-0.39, 0.29) is 12.4 Å². The molecule has 3 aromatic heterocycles. The van der Waals surface area contributed by atoms with Gasteiger partial charge in [0.15, 0.2) is 0 Å². The number of anilines is 2. The van der Waals surface area contributed by atoms with Crippen molar-refractivity contribution in [1.29, 1.82) is 0 Å². The second kappa shape index (κ2) is 10.8. The summed E-state index contributed by atoms with van der Waals surface area (Å²) in [4.78, 5) is 11.4. The van der Waals surface area contributed by atoms with E-state index >= 15 is 0 Å². The van der Waals surface area contributed by atoms with Gasteiger partial charge in [0, 0.05) is 28.9 Å². The van der Waals surface area contributed by atoms with Gasteiger partial charge in [-0.2, -0.15) is 5.10 Å². The third-order valence-corrected chi connectivity index (χ3v) is 9.13. The summed E-state index contributed by atoms with van der Waals surface area (Å²) >= 11 is 8.26. The minimum Gasteiger partial charge on any atom is -0.487 e. The fourth-order valence-electron chi connectivity index (χ4n) is 5.66. The highest BCUT2D eigenvalue weighted by Gasteiger charge is 2.27. The minimum absolute atomic E-state index is 0.230. The van der Waals surface area contributed by atoms with Crippen LogP contribution in [0, 0.1) is 11.7 Å². The molecule has 40 heavy (non-hydrogen) atoms. The summed E-state index contributed by atoms with van der Waals surface area (Å²) < 4.78 is 21.5. The summed E-state index contributed by atoms with van der Waals surface area (Å²) in [7, 11) is 0. The van der Waals surface area contributed by atoms with E-state index in [1.54, 1.807) is 23.7 Å². The maximum atomic E-state index is 13.5. The smallest absolute Gasteiger partial charge is 0.142 e. The number of thiophene rings is 1. The number of hydrogen-bond donors (Lipinski definition) is 2. The summed E-state index contributed by atoms with van der Waals surface area (Å²) in [5.74, 6) is 1.68. The molecule has 10 heteroatoms. The Labute approximate surface area is 240 Å². The predicted octanol–water partition coefficient (Wildman–Crippen LogP) is 6.77. The molecule has 0 saturated carbocycles. The van der Waals surface area contributed by atoms with Crippen LogP contribution in [0.15, 0.2) is 55.0 Å². The van der Waals surface area contributed by atoms with E-state index in [1.807, 2.05) is 24.3 Å². The van der Waals surface area contributed by atoms with Crippen molar-refractivity contribution in [2.75, 3.05) is 18.4 Å². The molecule has 0 amide bonds. The highest BCUT2D eigenvalue weighted by atomic mass is 35.5. The van der Waals surface area contributed by atoms with Crippen LogP contribution in [0.5, 0.6) is 5.75 Å². The first-order valence-electron chi connectivity index (χ1n) is 13.6. The van der Waals surface area contributed by atoms with Crippen LogP contribution in [0.4, 0.5) is 15.9 Å². The molecule has 1 aliphatic carbocycles. The Kier molecular flexibility index (Phi) is 6.87. The first kappa shape index (κ1) is 25.4. The lowest BCUT2D eigenvalue weighted by atomic mass is 9.95. The average molecular weight is 575 g/mol. The van der Waals surface area contributed by atoms with Gasteiger partial charge in [-0.3, -0.25) is 4.68 Å². The largest absolute Gasteiger partial charge is 0.487 e. The molecule has 1 saturated heterocycles. The fraction of sp³-hybridized carbons (Fsp3) is 0.300. The Hall–Kier alpha value is -3.53. The zero-order valence-electron chi connectivity index (χ0n) is 21.8. The molecule has 0 unspecified atom stereocenters. The van der Waals surface area contributed by atoms with Crippen molar-refractivity contribution >= 4 is 44.7 Å². The second-order valence-corrected chi connectivity index (χ2v) is 11.8. The fourth-order valence-corrected chi connectivity index (χ4v) is 7.12. The summed E-state index contributed by atoms with van der Waals surface area (Å²) in [6.07, 6.45) is 8.05. The summed E-state index contributed by atoms with van der Waals surface area (Å²) in [5, 5.41) is 13.4. The molecule has 0 radical (unpaired) electrons. The zero-order chi connectivity index (χ0) is 27.1. The van der Waals surface area contributed by atoms with E-state index in [9.17, 15) is 4.39 Å². The molecule has 7 nitrogen and oxygen atoms in total. The number of rotatable bonds is 7. The van der Waals surface area contributed by atoms with Crippen molar-refractivity contribution in [2.45, 2.75) is 38.8 Å². The van der Waals surface area contributed by atoms with Gasteiger partial charge < -0.3 is 15.4 Å². The van der Waals surface area contributed by atoms with Gasteiger partial charge in [-0.25, -0.2) is 14.4 Å². The van der Waals surface area contributed by atoms with Crippen molar-refractivity contribution in [3.8, 4) is 16.2 Å². The Morgan fingerprint density at radius 2 is 2.02 bits per heavy atom. The Bertz CT molecular complexity index is 1700. The van der Waals surface area contributed by atoms with Crippen molar-refractivity contribution in [2.24, 2.45) is 5.92 Å². The number of piperidine rings is 1. The van der Waals surface area contributed by atoms with Crippen LogP contribution in [-0.4, -0.2) is 32.8 Å². The molecule has 2 aromatic carbocycles. The Morgan fingerprint density at radius 1 is 1.12 bits per heavy atom. The molecule has 7 rings (SSSR count). The molecule has 2 N–H and O–H groups in total. The SMILES string of the molecule is Fc1cccc(COc2ccc(Nc3ncnc4sc5c(c34)CCc3nn(CC4CCNCC4)cc3-5)cc2Cl)c1. The average Bonchev–Trinajstić information content (AvgIpc) is 3.55. The number of nitrogens with zero attached hydrogens (tertiary/aromatic N) is 4. The van der Waals surface area contributed by atoms with Crippen LogP contribution in [-0.2, 0) is 26.0 Å². The van der Waals surface area contributed by atoms with Gasteiger partial charge in [0.05, 0.1) is 16.1 Å². The molecular formula is C30H28ClFN6OS. The molecular weight excluding hydrogens is 547 g/mol. The third-order valence-electron chi connectivity index (χ3n) is 7.66. The minimum atomic E-state index is -0.291. The molecule has 204 valence electrons. The van der Waals surface area contributed by atoms with Crippen molar-refractivity contribution in [3.63, 3.8) is 0 Å². The molecule has 0 atom stereocenters. The van der Waals surface area contributed by atoms with E-state index in [2.05, 4.69) is 31.5 Å². The number of hydrogen-bond acceptors (Lipinski definition) is 7. The van der Waals surface area contributed by atoms with Gasteiger partial charge in [-0.05, 0) is 86.1 Å². The van der Waals surface area contributed by atoms with Gasteiger partial charge in [0.2, 0.25) is 0 Å². The highest BCUT2D eigenvalue weighted by Crippen LogP contribution is 2.45. The number of aromatic nitrogens is 4. The predicted molar refractivity (Wildman–Crippen MR) is 157 cm³/mol.